The summed E-state index contributed by atoms with van der Waals surface area (Å²) in [5.41, 5.74) is 2.00. The second-order valence-corrected chi connectivity index (χ2v) is 8.67. The van der Waals surface area contributed by atoms with Gasteiger partial charge in [0.15, 0.2) is 5.82 Å². The van der Waals surface area contributed by atoms with E-state index in [4.69, 9.17) is 9.72 Å². The second kappa shape index (κ2) is 8.22. The molecule has 1 saturated heterocycles. The van der Waals surface area contributed by atoms with Gasteiger partial charge in [0.2, 0.25) is 5.95 Å². The summed E-state index contributed by atoms with van der Waals surface area (Å²) >= 11 is 0. The molecule has 30 heavy (non-hydrogen) atoms. The largest absolute Gasteiger partial charge is 0.372 e. The number of hydrogen-bond donors (Lipinski definition) is 2. The van der Waals surface area contributed by atoms with Crippen LogP contribution in [0.4, 0.5) is 16.6 Å². The number of fused-ring (bicyclic) bond motifs is 1. The minimum Gasteiger partial charge on any atom is -0.372 e. The van der Waals surface area contributed by atoms with Gasteiger partial charge in [0.05, 0.1) is 30.6 Å². The van der Waals surface area contributed by atoms with Crippen LogP contribution in [0.1, 0.15) is 56.5 Å². The van der Waals surface area contributed by atoms with Crippen molar-refractivity contribution in [2.45, 2.75) is 64.3 Å². The van der Waals surface area contributed by atoms with Crippen LogP contribution in [0.5, 0.6) is 0 Å². The monoisotopic (exact) mass is 411 g/mol. The highest BCUT2D eigenvalue weighted by Gasteiger charge is 2.27. The first-order valence-electron chi connectivity index (χ1n) is 11.0. The Hall–Kier alpha value is -2.68. The van der Waals surface area contributed by atoms with Gasteiger partial charge in [0, 0.05) is 31.5 Å². The molecule has 0 radical (unpaired) electrons. The second-order valence-electron chi connectivity index (χ2n) is 8.67. The van der Waals surface area contributed by atoms with Crippen LogP contribution in [-0.2, 0) is 17.8 Å². The molecule has 3 aliphatic rings. The van der Waals surface area contributed by atoms with Crippen molar-refractivity contribution in [1.29, 1.82) is 0 Å². The summed E-state index contributed by atoms with van der Waals surface area (Å²) in [4.78, 5) is 23.6. The van der Waals surface area contributed by atoms with Gasteiger partial charge < -0.3 is 15.0 Å². The summed E-state index contributed by atoms with van der Waals surface area (Å²) in [6, 6.07) is 3.99. The van der Waals surface area contributed by atoms with Crippen molar-refractivity contribution in [2.75, 3.05) is 23.4 Å². The highest BCUT2D eigenvalue weighted by Crippen LogP contribution is 2.28. The lowest BCUT2D eigenvalue weighted by Crippen LogP contribution is -2.45. The van der Waals surface area contributed by atoms with Crippen LogP contribution in [-0.4, -0.2) is 45.0 Å². The van der Waals surface area contributed by atoms with E-state index in [0.29, 0.717) is 18.3 Å². The van der Waals surface area contributed by atoms with E-state index >= 15 is 0 Å². The van der Waals surface area contributed by atoms with Crippen LogP contribution in [0.15, 0.2) is 18.3 Å². The molecule has 4 heterocycles. The molecule has 2 aromatic heterocycles. The molecule has 9 nitrogen and oxygen atoms in total. The molecule has 9 heteroatoms. The molecule has 0 aromatic carbocycles. The molecule has 0 spiro atoms. The molecule has 160 valence electrons. The summed E-state index contributed by atoms with van der Waals surface area (Å²) in [6.07, 6.45) is 7.30. The van der Waals surface area contributed by atoms with E-state index in [0.717, 1.165) is 62.7 Å². The minimum atomic E-state index is -0.178. The predicted molar refractivity (Wildman–Crippen MR) is 112 cm³/mol. The predicted octanol–water partition coefficient (Wildman–Crippen LogP) is 2.85. The highest BCUT2D eigenvalue weighted by molar-refractivity contribution is 5.88. The number of aromatic nitrogens is 4. The molecule has 1 atom stereocenters. The average Bonchev–Trinajstić information content (AvgIpc) is 3.14. The molecule has 2 aliphatic heterocycles. The Kier molecular flexibility index (Phi) is 5.28. The molecule has 2 fully saturated rings. The van der Waals surface area contributed by atoms with Gasteiger partial charge in [-0.15, -0.1) is 0 Å². The topological polar surface area (TPSA) is 97.2 Å². The zero-order chi connectivity index (χ0) is 20.5. The van der Waals surface area contributed by atoms with Gasteiger partial charge in [-0.05, 0) is 44.1 Å². The minimum absolute atomic E-state index is 0.0730. The lowest BCUT2D eigenvalue weighted by molar-refractivity contribution is 0.0123. The van der Waals surface area contributed by atoms with Gasteiger partial charge in [-0.1, -0.05) is 6.92 Å². The first-order valence-corrected chi connectivity index (χ1v) is 11.0. The van der Waals surface area contributed by atoms with Crippen LogP contribution in [0.25, 0.3) is 0 Å². The van der Waals surface area contributed by atoms with Crippen molar-refractivity contribution >= 4 is 17.8 Å². The quantitative estimate of drug-likeness (QED) is 0.803. The van der Waals surface area contributed by atoms with E-state index in [-0.39, 0.29) is 18.2 Å². The number of carbonyl (C=O) groups is 1. The molecular formula is C21H29N7O2. The van der Waals surface area contributed by atoms with E-state index in [1.807, 2.05) is 23.0 Å². The summed E-state index contributed by atoms with van der Waals surface area (Å²) in [5.74, 6) is 2.01. The summed E-state index contributed by atoms with van der Waals surface area (Å²) in [7, 11) is 0. The third-order valence-electron chi connectivity index (χ3n) is 6.21. The number of hydrogen-bond acceptors (Lipinski definition) is 6. The van der Waals surface area contributed by atoms with Crippen LogP contribution in [0.2, 0.25) is 0 Å². The normalized spacial score (nSPS) is 25.9. The van der Waals surface area contributed by atoms with Gasteiger partial charge in [-0.3, -0.25) is 10.00 Å². The van der Waals surface area contributed by atoms with Crippen molar-refractivity contribution in [3.8, 4) is 0 Å². The van der Waals surface area contributed by atoms with E-state index in [9.17, 15) is 4.79 Å². The summed E-state index contributed by atoms with van der Waals surface area (Å²) in [6.45, 7) is 5.16. The number of anilines is 2. The SMILES string of the molecule is CC1CC(NC(=O)Nc2cc3n(n2)CCN(c2nccc(C4CCCCO4)n2)C3)C1. The Bertz CT molecular complexity index is 903. The Balaban J connectivity index is 1.22. The fraction of sp³-hybridized carbons (Fsp3) is 0.619. The van der Waals surface area contributed by atoms with Gasteiger partial charge in [-0.2, -0.15) is 5.10 Å². The third kappa shape index (κ3) is 4.12. The van der Waals surface area contributed by atoms with Crippen molar-refractivity contribution in [3.05, 3.63) is 29.7 Å². The zero-order valence-electron chi connectivity index (χ0n) is 17.4. The molecule has 5 rings (SSSR count). The van der Waals surface area contributed by atoms with Crippen LogP contribution in [0.3, 0.4) is 0 Å². The first kappa shape index (κ1) is 19.3. The Labute approximate surface area is 176 Å². The van der Waals surface area contributed by atoms with E-state index in [1.54, 1.807) is 0 Å². The van der Waals surface area contributed by atoms with Crippen LogP contribution < -0.4 is 15.5 Å². The first-order chi connectivity index (χ1) is 14.6. The number of nitrogens with one attached hydrogen (secondary N) is 2. The fourth-order valence-corrected chi connectivity index (χ4v) is 4.52. The molecule has 2 N–H and O–H groups in total. The van der Waals surface area contributed by atoms with Crippen molar-refractivity contribution in [3.63, 3.8) is 0 Å². The number of rotatable bonds is 4. The fourth-order valence-electron chi connectivity index (χ4n) is 4.52. The van der Waals surface area contributed by atoms with Crippen molar-refractivity contribution in [1.82, 2.24) is 25.1 Å². The van der Waals surface area contributed by atoms with Crippen LogP contribution in [0, 0.1) is 5.92 Å². The van der Waals surface area contributed by atoms with Gasteiger partial charge in [0.1, 0.15) is 0 Å². The standard InChI is InChI=1S/C21H29N7O2/c1-14-10-15(11-14)23-21(29)25-19-12-16-13-27(7-8-28(16)26-19)20-22-6-5-17(24-20)18-4-2-3-9-30-18/h5-6,12,14-15,18H,2-4,7-11,13H2,1H3,(H2,23,25,26,29). The van der Waals surface area contributed by atoms with Crippen molar-refractivity contribution < 1.29 is 9.53 Å². The Morgan fingerprint density at radius 2 is 2.17 bits per heavy atom. The van der Waals surface area contributed by atoms with Gasteiger partial charge in [0.25, 0.3) is 0 Å². The van der Waals surface area contributed by atoms with Crippen LogP contribution >= 0.6 is 0 Å². The number of carbonyl (C=O) groups excluding carboxylic acids is 1. The lowest BCUT2D eigenvalue weighted by atomic mass is 9.82. The maximum Gasteiger partial charge on any atom is 0.320 e. The summed E-state index contributed by atoms with van der Waals surface area (Å²) in [5, 5.41) is 10.4. The molecule has 1 aliphatic carbocycles. The number of ether oxygens (including phenoxy) is 1. The molecule has 1 unspecified atom stereocenters. The molecule has 0 bridgehead atoms. The van der Waals surface area contributed by atoms with E-state index < -0.39 is 0 Å². The molecule has 2 aromatic rings. The lowest BCUT2D eigenvalue weighted by Gasteiger charge is -2.32. The van der Waals surface area contributed by atoms with E-state index in [1.165, 1.54) is 6.42 Å². The zero-order valence-corrected chi connectivity index (χ0v) is 17.4. The van der Waals surface area contributed by atoms with Gasteiger partial charge >= 0.3 is 6.03 Å². The number of amides is 2. The molecule has 2 amide bonds. The Morgan fingerprint density at radius 3 is 2.97 bits per heavy atom. The summed E-state index contributed by atoms with van der Waals surface area (Å²) < 4.78 is 7.83. The van der Waals surface area contributed by atoms with Crippen molar-refractivity contribution in [2.24, 2.45) is 5.92 Å². The maximum absolute atomic E-state index is 12.2. The molecular weight excluding hydrogens is 382 g/mol. The third-order valence-corrected chi connectivity index (χ3v) is 6.21. The number of urea groups is 1. The number of nitrogens with zero attached hydrogens (tertiary/aromatic N) is 5. The smallest absolute Gasteiger partial charge is 0.320 e. The molecule has 1 saturated carbocycles. The Morgan fingerprint density at radius 1 is 1.27 bits per heavy atom. The maximum atomic E-state index is 12.2. The van der Waals surface area contributed by atoms with Gasteiger partial charge in [-0.25, -0.2) is 14.8 Å². The van der Waals surface area contributed by atoms with E-state index in [2.05, 4.69) is 32.5 Å². The average molecular weight is 412 g/mol. The highest BCUT2D eigenvalue weighted by atomic mass is 16.5.